The van der Waals surface area contributed by atoms with E-state index in [-0.39, 0.29) is 12.3 Å². The molecule has 0 saturated heterocycles. The summed E-state index contributed by atoms with van der Waals surface area (Å²) in [4.78, 5) is 22.4. The fraction of sp³-hybridized carbons (Fsp3) is 0.875. The van der Waals surface area contributed by atoms with Gasteiger partial charge in [-0.05, 0) is 43.4 Å². The molecule has 0 heterocycles. The van der Waals surface area contributed by atoms with E-state index in [1.54, 1.807) is 0 Å². The molecule has 0 aromatic carbocycles. The van der Waals surface area contributed by atoms with Crippen LogP contribution in [0, 0.1) is 17.8 Å². The monoisotopic (exact) mass is 283 g/mol. The predicted octanol–water partition coefficient (Wildman–Crippen LogP) is 3.21. The van der Waals surface area contributed by atoms with Crippen molar-refractivity contribution in [3.63, 3.8) is 0 Å². The number of aliphatic carboxylic acids is 1. The molecule has 1 aliphatic carbocycles. The Morgan fingerprint density at radius 3 is 2.45 bits per heavy atom. The first-order valence-electron chi connectivity index (χ1n) is 7.91. The second-order valence-corrected chi connectivity index (χ2v) is 6.60. The van der Waals surface area contributed by atoms with Crippen molar-refractivity contribution in [2.45, 2.75) is 71.8 Å². The van der Waals surface area contributed by atoms with Crippen molar-refractivity contribution in [3.8, 4) is 0 Å². The van der Waals surface area contributed by atoms with Gasteiger partial charge in [0.2, 0.25) is 5.91 Å². The Morgan fingerprint density at radius 2 is 1.85 bits per heavy atom. The summed E-state index contributed by atoms with van der Waals surface area (Å²) in [6, 6.07) is 0.297. The maximum absolute atomic E-state index is 12.0. The average molecular weight is 283 g/mol. The lowest BCUT2D eigenvalue weighted by molar-refractivity contribution is -0.137. The van der Waals surface area contributed by atoms with Gasteiger partial charge in [0.15, 0.2) is 0 Å². The number of carboxylic acids is 1. The molecule has 3 atom stereocenters. The highest BCUT2D eigenvalue weighted by atomic mass is 16.4. The number of hydrogen-bond acceptors (Lipinski definition) is 2. The molecule has 1 rings (SSSR count). The number of unbranched alkanes of at least 4 members (excludes halogenated alkanes) is 1. The van der Waals surface area contributed by atoms with Crippen molar-refractivity contribution in [2.24, 2.45) is 17.8 Å². The van der Waals surface area contributed by atoms with E-state index < -0.39 is 5.97 Å². The summed E-state index contributed by atoms with van der Waals surface area (Å²) in [5.74, 6) is 1.16. The maximum Gasteiger partial charge on any atom is 0.303 e. The quantitative estimate of drug-likeness (QED) is 0.705. The first kappa shape index (κ1) is 17.0. The van der Waals surface area contributed by atoms with Crippen molar-refractivity contribution in [3.05, 3.63) is 0 Å². The molecular weight excluding hydrogens is 254 g/mol. The number of carbonyl (C=O) groups is 2. The first-order valence-corrected chi connectivity index (χ1v) is 7.91. The molecule has 0 bridgehead atoms. The lowest BCUT2D eigenvalue weighted by atomic mass is 9.74. The number of hydrogen-bond donors (Lipinski definition) is 2. The number of nitrogens with one attached hydrogen (secondary N) is 1. The fourth-order valence-corrected chi connectivity index (χ4v) is 3.21. The third-order valence-electron chi connectivity index (χ3n) is 4.41. The molecule has 1 saturated carbocycles. The van der Waals surface area contributed by atoms with Gasteiger partial charge in [-0.25, -0.2) is 0 Å². The van der Waals surface area contributed by atoms with E-state index in [4.69, 9.17) is 5.11 Å². The highest BCUT2D eigenvalue weighted by molar-refractivity contribution is 5.76. The molecular formula is C16H29NO3. The standard InChI is InChI=1S/C16H29NO3/c1-11(2)13-9-8-12(3)10-14(13)17-15(18)6-4-5-7-16(19)20/h11-14H,4-10H2,1-3H3,(H,17,18)(H,19,20). The molecule has 0 aromatic rings. The Labute approximate surface area is 122 Å². The zero-order valence-corrected chi connectivity index (χ0v) is 13.0. The van der Waals surface area contributed by atoms with Crippen LogP contribution in [-0.4, -0.2) is 23.0 Å². The second kappa shape index (κ2) is 8.28. The van der Waals surface area contributed by atoms with Crippen molar-refractivity contribution < 1.29 is 14.7 Å². The zero-order chi connectivity index (χ0) is 15.1. The zero-order valence-electron chi connectivity index (χ0n) is 13.0. The van der Waals surface area contributed by atoms with Crippen LogP contribution in [0.4, 0.5) is 0 Å². The molecule has 0 spiro atoms. The number of rotatable bonds is 7. The second-order valence-electron chi connectivity index (χ2n) is 6.60. The van der Waals surface area contributed by atoms with Gasteiger partial charge in [0, 0.05) is 18.9 Å². The highest BCUT2D eigenvalue weighted by Gasteiger charge is 2.31. The molecule has 20 heavy (non-hydrogen) atoms. The lowest BCUT2D eigenvalue weighted by Gasteiger charge is -2.37. The number of amides is 1. The molecule has 1 amide bonds. The highest BCUT2D eigenvalue weighted by Crippen LogP contribution is 2.33. The van der Waals surface area contributed by atoms with Crippen LogP contribution in [0.2, 0.25) is 0 Å². The molecule has 1 aliphatic rings. The SMILES string of the molecule is CC1CCC(C(C)C)C(NC(=O)CCCCC(=O)O)C1. The minimum absolute atomic E-state index is 0.0835. The molecule has 0 aromatic heterocycles. The van der Waals surface area contributed by atoms with Crippen LogP contribution in [-0.2, 0) is 9.59 Å². The van der Waals surface area contributed by atoms with Crippen LogP contribution in [0.1, 0.15) is 65.7 Å². The van der Waals surface area contributed by atoms with E-state index >= 15 is 0 Å². The number of carboxylic acid groups (broad SMARTS) is 1. The summed E-state index contributed by atoms with van der Waals surface area (Å²) in [6.45, 7) is 6.71. The van der Waals surface area contributed by atoms with Crippen LogP contribution in [0.15, 0.2) is 0 Å². The van der Waals surface area contributed by atoms with E-state index in [0.29, 0.717) is 43.1 Å². The lowest BCUT2D eigenvalue weighted by Crippen LogP contribution is -2.45. The Hall–Kier alpha value is -1.06. The number of carbonyl (C=O) groups excluding carboxylic acids is 1. The molecule has 0 aliphatic heterocycles. The molecule has 4 heteroatoms. The van der Waals surface area contributed by atoms with Crippen LogP contribution in [0.5, 0.6) is 0 Å². The normalized spacial score (nSPS) is 26.5. The summed E-state index contributed by atoms with van der Waals surface area (Å²) >= 11 is 0. The Bertz CT molecular complexity index is 328. The van der Waals surface area contributed by atoms with Crippen molar-refractivity contribution in [1.82, 2.24) is 5.32 Å². The van der Waals surface area contributed by atoms with E-state index in [1.807, 2.05) is 0 Å². The van der Waals surface area contributed by atoms with E-state index in [0.717, 1.165) is 6.42 Å². The minimum atomic E-state index is -0.786. The van der Waals surface area contributed by atoms with E-state index in [2.05, 4.69) is 26.1 Å². The molecule has 0 radical (unpaired) electrons. The maximum atomic E-state index is 12.0. The smallest absolute Gasteiger partial charge is 0.303 e. The van der Waals surface area contributed by atoms with Crippen molar-refractivity contribution in [1.29, 1.82) is 0 Å². The molecule has 3 unspecified atom stereocenters. The van der Waals surface area contributed by atoms with Gasteiger partial charge in [0.05, 0.1) is 0 Å². The van der Waals surface area contributed by atoms with Crippen LogP contribution in [0.3, 0.4) is 0 Å². The molecule has 116 valence electrons. The topological polar surface area (TPSA) is 66.4 Å². The van der Waals surface area contributed by atoms with Gasteiger partial charge in [-0.1, -0.05) is 27.2 Å². The average Bonchev–Trinajstić information content (AvgIpc) is 2.34. The van der Waals surface area contributed by atoms with E-state index in [1.165, 1.54) is 12.8 Å². The van der Waals surface area contributed by atoms with Gasteiger partial charge in [-0.2, -0.15) is 0 Å². The van der Waals surface area contributed by atoms with Gasteiger partial charge >= 0.3 is 5.97 Å². The van der Waals surface area contributed by atoms with Crippen LogP contribution in [0.25, 0.3) is 0 Å². The summed E-state index contributed by atoms with van der Waals surface area (Å²) in [5.41, 5.74) is 0. The van der Waals surface area contributed by atoms with Gasteiger partial charge in [-0.15, -0.1) is 0 Å². The van der Waals surface area contributed by atoms with Crippen molar-refractivity contribution in [2.75, 3.05) is 0 Å². The fourth-order valence-electron chi connectivity index (χ4n) is 3.21. The molecule has 1 fully saturated rings. The van der Waals surface area contributed by atoms with Gasteiger partial charge in [0.25, 0.3) is 0 Å². The van der Waals surface area contributed by atoms with Crippen molar-refractivity contribution >= 4 is 11.9 Å². The van der Waals surface area contributed by atoms with Crippen LogP contribution >= 0.6 is 0 Å². The molecule has 4 nitrogen and oxygen atoms in total. The third-order valence-corrected chi connectivity index (χ3v) is 4.41. The van der Waals surface area contributed by atoms with Gasteiger partial charge in [0.1, 0.15) is 0 Å². The predicted molar refractivity (Wildman–Crippen MR) is 79.4 cm³/mol. The Balaban J connectivity index is 2.35. The van der Waals surface area contributed by atoms with E-state index in [9.17, 15) is 9.59 Å². The largest absolute Gasteiger partial charge is 0.481 e. The first-order chi connectivity index (χ1) is 9.40. The third kappa shape index (κ3) is 5.93. The molecule has 2 N–H and O–H groups in total. The van der Waals surface area contributed by atoms with Crippen LogP contribution < -0.4 is 5.32 Å². The Morgan fingerprint density at radius 1 is 1.20 bits per heavy atom. The Kier molecular flexibility index (Phi) is 7.03. The summed E-state index contributed by atoms with van der Waals surface area (Å²) in [6.07, 6.45) is 5.37. The summed E-state index contributed by atoms with van der Waals surface area (Å²) in [5, 5.41) is 11.7. The van der Waals surface area contributed by atoms with Gasteiger partial charge in [-0.3, -0.25) is 9.59 Å². The summed E-state index contributed by atoms with van der Waals surface area (Å²) in [7, 11) is 0. The van der Waals surface area contributed by atoms with Gasteiger partial charge < -0.3 is 10.4 Å². The summed E-state index contributed by atoms with van der Waals surface area (Å²) < 4.78 is 0. The minimum Gasteiger partial charge on any atom is -0.481 e.